The Balaban J connectivity index is 1.93. The zero-order chi connectivity index (χ0) is 12.6. The van der Waals surface area contributed by atoms with E-state index in [0.29, 0.717) is 0 Å². The Bertz CT molecular complexity index is 558. The normalized spacial score (nSPS) is 17.4. The summed E-state index contributed by atoms with van der Waals surface area (Å²) in [4.78, 5) is 0. The molecule has 18 heavy (non-hydrogen) atoms. The number of nitrogens with one attached hydrogen (secondary N) is 1. The molecule has 0 radical (unpaired) electrons. The van der Waals surface area contributed by atoms with E-state index in [9.17, 15) is 0 Å². The SMILES string of the molecule is Cn1cc(CC2(c3ccccc3Cl)CNC2)cn1. The average Bonchev–Trinajstić information content (AvgIpc) is 2.71. The number of hydrogen-bond donors (Lipinski definition) is 1. The first-order chi connectivity index (χ1) is 8.70. The third kappa shape index (κ3) is 1.93. The van der Waals surface area contributed by atoms with Crippen molar-refractivity contribution in [1.29, 1.82) is 0 Å². The predicted octanol–water partition coefficient (Wildman–Crippen LogP) is 2.16. The minimum atomic E-state index is 0.126. The summed E-state index contributed by atoms with van der Waals surface area (Å²) in [6, 6.07) is 8.15. The molecule has 0 atom stereocenters. The van der Waals surface area contributed by atoms with Gasteiger partial charge in [-0.25, -0.2) is 0 Å². The minimum Gasteiger partial charge on any atom is -0.315 e. The van der Waals surface area contributed by atoms with E-state index >= 15 is 0 Å². The van der Waals surface area contributed by atoms with Gasteiger partial charge in [-0.15, -0.1) is 0 Å². The van der Waals surface area contributed by atoms with Crippen LogP contribution in [-0.2, 0) is 18.9 Å². The van der Waals surface area contributed by atoms with Crippen molar-refractivity contribution in [2.45, 2.75) is 11.8 Å². The largest absolute Gasteiger partial charge is 0.315 e. The molecule has 1 aliphatic heterocycles. The molecule has 2 heterocycles. The second kappa shape index (κ2) is 4.41. The van der Waals surface area contributed by atoms with Gasteiger partial charge in [0.05, 0.1) is 6.20 Å². The second-order valence-electron chi connectivity index (χ2n) is 5.06. The molecule has 3 rings (SSSR count). The zero-order valence-corrected chi connectivity index (χ0v) is 11.1. The summed E-state index contributed by atoms with van der Waals surface area (Å²) >= 11 is 6.34. The molecule has 1 aliphatic rings. The van der Waals surface area contributed by atoms with E-state index in [2.05, 4.69) is 28.7 Å². The van der Waals surface area contributed by atoms with Crippen LogP contribution in [-0.4, -0.2) is 22.9 Å². The van der Waals surface area contributed by atoms with Crippen LogP contribution in [0.25, 0.3) is 0 Å². The summed E-state index contributed by atoms with van der Waals surface area (Å²) in [5, 5.41) is 8.47. The van der Waals surface area contributed by atoms with Crippen LogP contribution in [0.1, 0.15) is 11.1 Å². The van der Waals surface area contributed by atoms with Crippen molar-refractivity contribution in [3.05, 3.63) is 52.8 Å². The van der Waals surface area contributed by atoms with Gasteiger partial charge in [-0.2, -0.15) is 5.10 Å². The molecule has 1 fully saturated rings. The number of halogens is 1. The second-order valence-corrected chi connectivity index (χ2v) is 5.47. The van der Waals surface area contributed by atoms with Crippen molar-refractivity contribution in [3.8, 4) is 0 Å². The molecule has 1 saturated heterocycles. The molecule has 1 aromatic carbocycles. The van der Waals surface area contributed by atoms with Crippen molar-refractivity contribution in [2.75, 3.05) is 13.1 Å². The van der Waals surface area contributed by atoms with Gasteiger partial charge >= 0.3 is 0 Å². The Labute approximate surface area is 112 Å². The van der Waals surface area contributed by atoms with Crippen LogP contribution in [0.2, 0.25) is 5.02 Å². The number of aryl methyl sites for hydroxylation is 1. The predicted molar refractivity (Wildman–Crippen MR) is 72.9 cm³/mol. The number of nitrogens with zero attached hydrogens (tertiary/aromatic N) is 2. The smallest absolute Gasteiger partial charge is 0.0521 e. The number of rotatable bonds is 3. The van der Waals surface area contributed by atoms with Crippen molar-refractivity contribution in [3.63, 3.8) is 0 Å². The highest BCUT2D eigenvalue weighted by molar-refractivity contribution is 6.31. The highest BCUT2D eigenvalue weighted by atomic mass is 35.5. The molecule has 0 aliphatic carbocycles. The third-order valence-electron chi connectivity index (χ3n) is 3.67. The van der Waals surface area contributed by atoms with E-state index < -0.39 is 0 Å². The van der Waals surface area contributed by atoms with E-state index in [1.54, 1.807) is 0 Å². The third-order valence-corrected chi connectivity index (χ3v) is 4.00. The van der Waals surface area contributed by atoms with E-state index in [-0.39, 0.29) is 5.41 Å². The maximum atomic E-state index is 6.34. The van der Waals surface area contributed by atoms with Gasteiger partial charge in [-0.3, -0.25) is 4.68 Å². The molecule has 0 saturated carbocycles. The van der Waals surface area contributed by atoms with E-state index in [4.69, 9.17) is 11.6 Å². The number of aromatic nitrogens is 2. The van der Waals surface area contributed by atoms with Crippen molar-refractivity contribution < 1.29 is 0 Å². The molecule has 0 amide bonds. The quantitative estimate of drug-likeness (QED) is 0.918. The van der Waals surface area contributed by atoms with Gasteiger partial charge in [0.15, 0.2) is 0 Å². The molecule has 1 N–H and O–H groups in total. The summed E-state index contributed by atoms with van der Waals surface area (Å²) in [6.07, 6.45) is 5.01. The molecule has 2 aromatic rings. The fourth-order valence-electron chi connectivity index (χ4n) is 2.68. The van der Waals surface area contributed by atoms with E-state index in [1.807, 2.05) is 30.1 Å². The molecule has 3 nitrogen and oxygen atoms in total. The molecular formula is C14H16ClN3. The van der Waals surface area contributed by atoms with Crippen LogP contribution >= 0.6 is 11.6 Å². The first kappa shape index (κ1) is 11.8. The van der Waals surface area contributed by atoms with E-state index in [0.717, 1.165) is 24.5 Å². The van der Waals surface area contributed by atoms with Gasteiger partial charge in [0.25, 0.3) is 0 Å². The van der Waals surface area contributed by atoms with Gasteiger partial charge in [0, 0.05) is 36.8 Å². The summed E-state index contributed by atoms with van der Waals surface area (Å²) in [5.41, 5.74) is 2.63. The monoisotopic (exact) mass is 261 g/mol. The molecular weight excluding hydrogens is 246 g/mol. The molecule has 4 heteroatoms. The topological polar surface area (TPSA) is 29.9 Å². The van der Waals surface area contributed by atoms with Crippen molar-refractivity contribution >= 4 is 11.6 Å². The zero-order valence-electron chi connectivity index (χ0n) is 10.4. The van der Waals surface area contributed by atoms with Gasteiger partial charge in [0.1, 0.15) is 0 Å². The van der Waals surface area contributed by atoms with Crippen LogP contribution in [0.4, 0.5) is 0 Å². The number of hydrogen-bond acceptors (Lipinski definition) is 2. The summed E-state index contributed by atoms with van der Waals surface area (Å²) in [7, 11) is 1.95. The molecule has 94 valence electrons. The van der Waals surface area contributed by atoms with Gasteiger partial charge < -0.3 is 5.32 Å². The fourth-order valence-corrected chi connectivity index (χ4v) is 3.02. The lowest BCUT2D eigenvalue weighted by atomic mass is 9.71. The van der Waals surface area contributed by atoms with Crippen LogP contribution in [0, 0.1) is 0 Å². The van der Waals surface area contributed by atoms with Crippen molar-refractivity contribution in [1.82, 2.24) is 15.1 Å². The van der Waals surface area contributed by atoms with Gasteiger partial charge in [0.2, 0.25) is 0 Å². The van der Waals surface area contributed by atoms with Crippen molar-refractivity contribution in [2.24, 2.45) is 7.05 Å². The average molecular weight is 262 g/mol. The maximum Gasteiger partial charge on any atom is 0.0521 e. The lowest BCUT2D eigenvalue weighted by molar-refractivity contribution is 0.275. The maximum absolute atomic E-state index is 6.34. The Morgan fingerprint density at radius 2 is 2.17 bits per heavy atom. The Kier molecular flexibility index (Phi) is 2.88. The lowest BCUT2D eigenvalue weighted by Crippen LogP contribution is -2.58. The van der Waals surface area contributed by atoms with Gasteiger partial charge in [-0.1, -0.05) is 29.8 Å². The number of benzene rings is 1. The summed E-state index contributed by atoms with van der Waals surface area (Å²) < 4.78 is 1.85. The van der Waals surface area contributed by atoms with Crippen LogP contribution in [0.5, 0.6) is 0 Å². The Morgan fingerprint density at radius 3 is 2.72 bits per heavy atom. The highest BCUT2D eigenvalue weighted by Gasteiger charge is 2.40. The first-order valence-electron chi connectivity index (χ1n) is 6.13. The summed E-state index contributed by atoms with van der Waals surface area (Å²) in [6.45, 7) is 1.96. The van der Waals surface area contributed by atoms with E-state index in [1.165, 1.54) is 11.1 Å². The molecule has 1 aromatic heterocycles. The summed E-state index contributed by atoms with van der Waals surface area (Å²) in [5.74, 6) is 0. The minimum absolute atomic E-state index is 0.126. The Hall–Kier alpha value is -1.32. The standard InChI is InChI=1S/C14H16ClN3/c1-18-8-11(7-17-18)6-14(9-16-10-14)12-4-2-3-5-13(12)15/h2-5,7-8,16H,6,9-10H2,1H3. The van der Waals surface area contributed by atoms with Crippen LogP contribution in [0.15, 0.2) is 36.7 Å². The van der Waals surface area contributed by atoms with Crippen LogP contribution < -0.4 is 5.32 Å². The first-order valence-corrected chi connectivity index (χ1v) is 6.51. The van der Waals surface area contributed by atoms with Crippen LogP contribution in [0.3, 0.4) is 0 Å². The fraction of sp³-hybridized carbons (Fsp3) is 0.357. The molecule has 0 spiro atoms. The highest BCUT2D eigenvalue weighted by Crippen LogP contribution is 2.36. The molecule has 0 bridgehead atoms. The lowest BCUT2D eigenvalue weighted by Gasteiger charge is -2.43. The Morgan fingerprint density at radius 1 is 1.39 bits per heavy atom. The van der Waals surface area contributed by atoms with Gasteiger partial charge in [-0.05, 0) is 23.6 Å². The molecule has 0 unspecified atom stereocenters.